The van der Waals surface area contributed by atoms with Gasteiger partial charge < -0.3 is 29.9 Å². The molecule has 162 valence electrons. The molecule has 0 aliphatic heterocycles. The average molecular weight is 403 g/mol. The summed E-state index contributed by atoms with van der Waals surface area (Å²) >= 11 is 0. The Hall–Kier alpha value is -1.98. The summed E-state index contributed by atoms with van der Waals surface area (Å²) in [5.41, 5.74) is -0.166. The highest BCUT2D eigenvalue weighted by Gasteiger charge is 2.64. The molecule has 4 aliphatic rings. The Morgan fingerprint density at radius 1 is 0.931 bits per heavy atom. The summed E-state index contributed by atoms with van der Waals surface area (Å²) in [7, 11) is 2.47. The first-order chi connectivity index (χ1) is 13.8. The minimum atomic E-state index is -1.24. The Balaban J connectivity index is 1.68. The molecule has 4 saturated carbocycles. The highest BCUT2D eigenvalue weighted by Crippen LogP contribution is 2.71. The van der Waals surface area contributed by atoms with Crippen molar-refractivity contribution in [3.8, 4) is 0 Å². The Kier molecular flexibility index (Phi) is 5.16. The van der Waals surface area contributed by atoms with Crippen LogP contribution in [0.15, 0.2) is 34.6 Å². The summed E-state index contributed by atoms with van der Waals surface area (Å²) in [6.07, 6.45) is 5.65. The molecule has 0 saturated heterocycles. The number of ether oxygens (including phenoxy) is 2. The first-order valence-corrected chi connectivity index (χ1v) is 10.8. The fourth-order valence-corrected chi connectivity index (χ4v) is 7.71. The molecule has 6 nitrogen and oxygen atoms in total. The van der Waals surface area contributed by atoms with Crippen LogP contribution in [0.1, 0.15) is 46.0 Å². The predicted molar refractivity (Wildman–Crippen MR) is 100 cm³/mol. The van der Waals surface area contributed by atoms with E-state index in [2.05, 4.69) is 6.92 Å². The Morgan fingerprint density at radius 2 is 1.52 bits per heavy atom. The van der Waals surface area contributed by atoms with Gasteiger partial charge in [0.15, 0.2) is 0 Å². The highest BCUT2D eigenvalue weighted by molar-refractivity contribution is 5.46. The number of rotatable bonds is 6. The number of aliphatic hydroxyl groups is 1. The maximum Gasteiger partial charge on any atom is 0.0591 e. The van der Waals surface area contributed by atoms with Crippen LogP contribution in [-0.2, 0) is 9.47 Å². The number of allylic oxidation sites excluding steroid dienone is 3. The molecule has 8 atom stereocenters. The van der Waals surface area contributed by atoms with Crippen LogP contribution in [0, 0.1) is 47.3 Å². The lowest BCUT2D eigenvalue weighted by Gasteiger charge is -2.43. The maximum atomic E-state index is 12.7. The maximum absolute atomic E-state index is 12.7. The minimum absolute atomic E-state index is 0.147. The number of fused-ring (bicyclic) bond motifs is 9. The van der Waals surface area contributed by atoms with Gasteiger partial charge in [-0.25, -0.2) is 0 Å². The third-order valence-electron chi connectivity index (χ3n) is 8.74. The standard InChI is InChI=1S/C23H34O6/c1-10-14(16-9-15(10)19-12-5-6-13(7-12)20(16)19)8-17(22(26)28-3)18(23(27)29-4)11(2)21(24)25/h10,12-16,19-20,24-27H,5-9H2,1-4H3/p-3. The molecule has 4 bridgehead atoms. The van der Waals surface area contributed by atoms with Crippen LogP contribution in [0.3, 0.4) is 0 Å². The first-order valence-electron chi connectivity index (χ1n) is 10.8. The molecule has 4 aliphatic carbocycles. The second kappa shape index (κ2) is 7.37. The van der Waals surface area contributed by atoms with Crippen LogP contribution in [-0.4, -0.2) is 19.3 Å². The van der Waals surface area contributed by atoms with E-state index in [-0.39, 0.29) is 22.6 Å². The van der Waals surface area contributed by atoms with E-state index in [9.17, 15) is 20.4 Å². The molecule has 0 aromatic heterocycles. The Bertz CT molecular complexity index is 761. The molecule has 4 rings (SSSR count). The molecule has 1 N–H and O–H groups in total. The molecular weight excluding hydrogens is 372 g/mol. The lowest BCUT2D eigenvalue weighted by atomic mass is 9.62. The van der Waals surface area contributed by atoms with Gasteiger partial charge in [-0.3, -0.25) is 0 Å². The second-order valence-electron chi connectivity index (χ2n) is 9.55. The zero-order valence-corrected chi connectivity index (χ0v) is 17.6. The molecule has 0 heterocycles. The average Bonchev–Trinajstić information content (AvgIpc) is 3.46. The first kappa shape index (κ1) is 20.3. The summed E-state index contributed by atoms with van der Waals surface area (Å²) in [6.45, 7) is 3.62. The summed E-state index contributed by atoms with van der Waals surface area (Å²) < 4.78 is 9.80. The van der Waals surface area contributed by atoms with Crippen LogP contribution in [0.4, 0.5) is 0 Å². The van der Waals surface area contributed by atoms with Crippen molar-refractivity contribution in [1.29, 1.82) is 0 Å². The van der Waals surface area contributed by atoms with Crippen molar-refractivity contribution in [2.75, 3.05) is 14.2 Å². The summed E-state index contributed by atoms with van der Waals surface area (Å²) in [5.74, 6) is 2.59. The van der Waals surface area contributed by atoms with Gasteiger partial charge in [-0.1, -0.05) is 6.92 Å². The molecule has 0 spiro atoms. The van der Waals surface area contributed by atoms with E-state index in [0.717, 1.165) is 23.7 Å². The summed E-state index contributed by atoms with van der Waals surface area (Å²) in [5, 5.41) is 46.2. The molecule has 0 aromatic rings. The zero-order valence-electron chi connectivity index (χ0n) is 17.6. The molecule has 8 unspecified atom stereocenters. The molecular formula is C23H31O6-3. The van der Waals surface area contributed by atoms with Crippen molar-refractivity contribution in [2.24, 2.45) is 47.3 Å². The lowest BCUT2D eigenvalue weighted by Crippen LogP contribution is -2.37. The van der Waals surface area contributed by atoms with Gasteiger partial charge in [0.05, 0.1) is 17.8 Å². The van der Waals surface area contributed by atoms with Crippen LogP contribution < -0.4 is 15.3 Å². The minimum Gasteiger partial charge on any atom is -0.629 e. The second-order valence-corrected chi connectivity index (χ2v) is 9.55. The van der Waals surface area contributed by atoms with Gasteiger partial charge in [-0.2, -0.15) is 0 Å². The van der Waals surface area contributed by atoms with Crippen LogP contribution >= 0.6 is 0 Å². The van der Waals surface area contributed by atoms with Gasteiger partial charge in [0.25, 0.3) is 0 Å². The number of hydrogen-bond acceptors (Lipinski definition) is 6. The van der Waals surface area contributed by atoms with Crippen molar-refractivity contribution in [1.82, 2.24) is 0 Å². The zero-order chi connectivity index (χ0) is 21.0. The van der Waals surface area contributed by atoms with Crippen LogP contribution in [0.2, 0.25) is 0 Å². The molecule has 6 heteroatoms. The predicted octanol–water partition coefficient (Wildman–Crippen LogP) is 1.53. The molecule has 0 aromatic carbocycles. The van der Waals surface area contributed by atoms with Crippen molar-refractivity contribution in [3.05, 3.63) is 34.6 Å². The molecule has 0 amide bonds. The van der Waals surface area contributed by atoms with Crippen LogP contribution in [0.5, 0.6) is 0 Å². The normalized spacial score (nSPS) is 42.2. The van der Waals surface area contributed by atoms with E-state index < -0.39 is 17.8 Å². The Labute approximate surface area is 172 Å². The SMILES string of the molecule is COC([O-])=C(CC1C(C)C2CC1C1C3CCC(C3)C21)C(=C([O-])OC)C(C)=C([O-])O. The highest BCUT2D eigenvalue weighted by atomic mass is 16.6. The smallest absolute Gasteiger partial charge is 0.0591 e. The molecule has 4 fully saturated rings. The lowest BCUT2D eigenvalue weighted by molar-refractivity contribution is -0.361. The van der Waals surface area contributed by atoms with Gasteiger partial charge in [0, 0.05) is 5.57 Å². The largest absolute Gasteiger partial charge is 0.629 e. The van der Waals surface area contributed by atoms with E-state index >= 15 is 0 Å². The van der Waals surface area contributed by atoms with Gasteiger partial charge in [-0.15, -0.1) is 0 Å². The van der Waals surface area contributed by atoms with Gasteiger partial charge >= 0.3 is 0 Å². The van der Waals surface area contributed by atoms with E-state index in [4.69, 9.17) is 9.47 Å². The fraction of sp³-hybridized carbons (Fsp3) is 0.739. The van der Waals surface area contributed by atoms with Crippen molar-refractivity contribution < 1.29 is 29.9 Å². The third-order valence-corrected chi connectivity index (χ3v) is 8.74. The number of hydrogen-bond donors (Lipinski definition) is 1. The van der Waals surface area contributed by atoms with Crippen LogP contribution in [0.25, 0.3) is 0 Å². The third kappa shape index (κ3) is 2.98. The summed E-state index contributed by atoms with van der Waals surface area (Å²) in [4.78, 5) is 0. The fourth-order valence-electron chi connectivity index (χ4n) is 7.71. The number of methoxy groups -OCH3 is 2. The molecule has 0 radical (unpaired) electrons. The van der Waals surface area contributed by atoms with Crippen molar-refractivity contribution in [2.45, 2.75) is 46.0 Å². The number of aliphatic hydroxyl groups excluding tert-OH is 1. The van der Waals surface area contributed by atoms with Gasteiger partial charge in [-0.05, 0) is 112 Å². The Morgan fingerprint density at radius 3 is 2.07 bits per heavy atom. The summed E-state index contributed by atoms with van der Waals surface area (Å²) in [6, 6.07) is 0. The van der Waals surface area contributed by atoms with Gasteiger partial charge in [0.2, 0.25) is 0 Å². The van der Waals surface area contributed by atoms with Crippen molar-refractivity contribution >= 4 is 0 Å². The monoisotopic (exact) mass is 403 g/mol. The van der Waals surface area contributed by atoms with E-state index in [1.807, 2.05) is 0 Å². The van der Waals surface area contributed by atoms with E-state index in [1.165, 1.54) is 46.8 Å². The topological polar surface area (TPSA) is 108 Å². The van der Waals surface area contributed by atoms with E-state index in [0.29, 0.717) is 24.2 Å². The van der Waals surface area contributed by atoms with E-state index in [1.54, 1.807) is 0 Å². The quantitative estimate of drug-likeness (QED) is 0.409. The van der Waals surface area contributed by atoms with Gasteiger partial charge in [0.1, 0.15) is 0 Å². The van der Waals surface area contributed by atoms with Crippen molar-refractivity contribution in [3.63, 3.8) is 0 Å². The molecule has 29 heavy (non-hydrogen) atoms.